The van der Waals surface area contributed by atoms with Crippen molar-refractivity contribution in [2.24, 2.45) is 5.92 Å². The zero-order valence-corrected chi connectivity index (χ0v) is 14.6. The molecule has 2 fully saturated rings. The third-order valence-corrected chi connectivity index (χ3v) is 6.29. The minimum Gasteiger partial charge on any atom is -0.480 e. The van der Waals surface area contributed by atoms with Gasteiger partial charge in [-0.05, 0) is 63.7 Å². The lowest BCUT2D eigenvalue weighted by atomic mass is 9.61. The van der Waals surface area contributed by atoms with Gasteiger partial charge in [0.2, 0.25) is 0 Å². The first-order valence-corrected chi connectivity index (χ1v) is 9.18. The molecule has 24 heavy (non-hydrogen) atoms. The van der Waals surface area contributed by atoms with E-state index in [-0.39, 0.29) is 0 Å². The van der Waals surface area contributed by atoms with Crippen LogP contribution in [0.3, 0.4) is 0 Å². The van der Waals surface area contributed by atoms with E-state index in [1.54, 1.807) is 0 Å². The molecule has 2 N–H and O–H groups in total. The molecule has 1 aliphatic carbocycles. The molecule has 1 heterocycles. The molecule has 1 unspecified atom stereocenters. The Balaban J connectivity index is 2.00. The lowest BCUT2D eigenvalue weighted by Gasteiger charge is -2.45. The van der Waals surface area contributed by atoms with Crippen molar-refractivity contribution in [1.82, 2.24) is 4.90 Å². The smallest absolute Gasteiger partial charge is 0.317 e. The van der Waals surface area contributed by atoms with Crippen LogP contribution in [0.15, 0.2) is 30.3 Å². The van der Waals surface area contributed by atoms with E-state index in [1.807, 2.05) is 30.3 Å². The van der Waals surface area contributed by atoms with Crippen LogP contribution in [0.25, 0.3) is 0 Å². The lowest BCUT2D eigenvalue weighted by Crippen LogP contribution is -2.56. The van der Waals surface area contributed by atoms with Gasteiger partial charge in [0.15, 0.2) is 0 Å². The fourth-order valence-corrected chi connectivity index (χ4v) is 4.79. The summed E-state index contributed by atoms with van der Waals surface area (Å²) in [6, 6.07) is 9.46. The van der Waals surface area contributed by atoms with E-state index in [0.29, 0.717) is 25.2 Å². The van der Waals surface area contributed by atoms with Crippen LogP contribution in [0.2, 0.25) is 0 Å². The molecule has 4 nitrogen and oxygen atoms in total. The van der Waals surface area contributed by atoms with Gasteiger partial charge in [-0.3, -0.25) is 4.79 Å². The van der Waals surface area contributed by atoms with Gasteiger partial charge in [-0.1, -0.05) is 43.2 Å². The Hall–Kier alpha value is -1.39. The molecular formula is C20H29NO3. The van der Waals surface area contributed by atoms with Crippen molar-refractivity contribution in [2.45, 2.75) is 56.0 Å². The molecule has 0 amide bonds. The van der Waals surface area contributed by atoms with Gasteiger partial charge in [0, 0.05) is 0 Å². The molecule has 4 heteroatoms. The van der Waals surface area contributed by atoms with E-state index in [4.69, 9.17) is 0 Å². The summed E-state index contributed by atoms with van der Waals surface area (Å²) in [4.78, 5) is 14.9. The average Bonchev–Trinajstić information content (AvgIpc) is 3.03. The number of nitrogens with zero attached hydrogens (tertiary/aromatic N) is 1. The number of likely N-dealkylation sites (tertiary alicyclic amines) is 1. The highest BCUT2D eigenvalue weighted by atomic mass is 16.4. The van der Waals surface area contributed by atoms with Gasteiger partial charge >= 0.3 is 5.97 Å². The largest absolute Gasteiger partial charge is 0.480 e. The molecule has 1 atom stereocenters. The third-order valence-electron chi connectivity index (χ3n) is 6.29. The summed E-state index contributed by atoms with van der Waals surface area (Å²) in [6.45, 7) is 2.02. The number of aliphatic carboxylic acids is 1. The van der Waals surface area contributed by atoms with Crippen molar-refractivity contribution in [1.29, 1.82) is 0 Å². The number of rotatable bonds is 5. The van der Waals surface area contributed by atoms with Crippen LogP contribution >= 0.6 is 0 Å². The van der Waals surface area contributed by atoms with E-state index in [1.165, 1.54) is 0 Å². The second-order valence-corrected chi connectivity index (χ2v) is 7.77. The third kappa shape index (κ3) is 2.98. The zero-order chi connectivity index (χ0) is 17.2. The maximum atomic E-state index is 12.6. The predicted octanol–water partition coefficient (Wildman–Crippen LogP) is 3.05. The van der Waals surface area contributed by atoms with Gasteiger partial charge in [0.05, 0.1) is 5.60 Å². The fraction of sp³-hybridized carbons (Fsp3) is 0.650. The first-order chi connectivity index (χ1) is 11.5. The minimum absolute atomic E-state index is 0.349. The van der Waals surface area contributed by atoms with Crippen molar-refractivity contribution in [3.63, 3.8) is 0 Å². The summed E-state index contributed by atoms with van der Waals surface area (Å²) in [5, 5.41) is 21.7. The molecule has 0 aromatic heterocycles. The number of carboxylic acid groups (broad SMARTS) is 1. The van der Waals surface area contributed by atoms with Gasteiger partial charge in [0.25, 0.3) is 0 Å². The monoisotopic (exact) mass is 331 g/mol. The number of aliphatic hydroxyl groups is 1. The molecule has 1 saturated carbocycles. The standard InChI is InChI=1S/C20H29NO3/c1-21-13-9-16(10-14-21)15-20(18(22)23,17-7-3-2-4-8-17)19(24)11-5-6-12-19/h2-4,7-8,16,24H,5-6,9-15H2,1H3,(H,22,23). The summed E-state index contributed by atoms with van der Waals surface area (Å²) in [5.41, 5.74) is -1.56. The minimum atomic E-state index is -1.19. The van der Waals surface area contributed by atoms with Crippen LogP contribution in [0, 0.1) is 5.92 Å². The quantitative estimate of drug-likeness (QED) is 0.870. The fourth-order valence-electron chi connectivity index (χ4n) is 4.79. The molecule has 2 aliphatic rings. The number of hydrogen-bond donors (Lipinski definition) is 2. The van der Waals surface area contributed by atoms with Gasteiger partial charge in [0.1, 0.15) is 5.41 Å². The zero-order valence-electron chi connectivity index (χ0n) is 14.6. The summed E-state index contributed by atoms with van der Waals surface area (Å²) in [5.74, 6) is -0.515. The Bertz CT molecular complexity index is 560. The lowest BCUT2D eigenvalue weighted by molar-refractivity contribution is -0.159. The van der Waals surface area contributed by atoms with E-state index in [0.717, 1.165) is 44.3 Å². The van der Waals surface area contributed by atoms with E-state index < -0.39 is 17.0 Å². The normalized spacial score (nSPS) is 24.6. The van der Waals surface area contributed by atoms with Crippen LogP contribution in [0.5, 0.6) is 0 Å². The summed E-state index contributed by atoms with van der Waals surface area (Å²) >= 11 is 0. The Morgan fingerprint density at radius 1 is 1.21 bits per heavy atom. The van der Waals surface area contributed by atoms with Gasteiger partial charge in [-0.25, -0.2) is 0 Å². The van der Waals surface area contributed by atoms with Gasteiger partial charge < -0.3 is 15.1 Å². The van der Waals surface area contributed by atoms with Gasteiger partial charge in [-0.15, -0.1) is 0 Å². The van der Waals surface area contributed by atoms with Gasteiger partial charge in [-0.2, -0.15) is 0 Å². The van der Waals surface area contributed by atoms with E-state index in [2.05, 4.69) is 11.9 Å². The van der Waals surface area contributed by atoms with Crippen molar-refractivity contribution >= 4 is 5.97 Å². The highest BCUT2D eigenvalue weighted by molar-refractivity contribution is 5.83. The maximum absolute atomic E-state index is 12.6. The molecule has 1 aliphatic heterocycles. The molecular weight excluding hydrogens is 302 g/mol. The molecule has 0 spiro atoms. The highest BCUT2D eigenvalue weighted by Crippen LogP contribution is 2.50. The highest BCUT2D eigenvalue weighted by Gasteiger charge is 2.58. The SMILES string of the molecule is CN1CCC(CC(C(=O)O)(c2ccccc2)C2(O)CCCC2)CC1. The second kappa shape index (κ2) is 6.85. The molecule has 0 radical (unpaired) electrons. The first kappa shape index (κ1) is 17.4. The van der Waals surface area contributed by atoms with Crippen molar-refractivity contribution < 1.29 is 15.0 Å². The molecule has 1 saturated heterocycles. The van der Waals surface area contributed by atoms with Crippen LogP contribution in [-0.4, -0.2) is 46.8 Å². The molecule has 132 valence electrons. The Morgan fingerprint density at radius 2 is 1.79 bits per heavy atom. The summed E-state index contributed by atoms with van der Waals surface area (Å²) in [6.07, 6.45) is 5.54. The van der Waals surface area contributed by atoms with Crippen LogP contribution < -0.4 is 0 Å². The summed E-state index contributed by atoms with van der Waals surface area (Å²) < 4.78 is 0. The van der Waals surface area contributed by atoms with Crippen molar-refractivity contribution in [2.75, 3.05) is 20.1 Å². The number of hydrogen-bond acceptors (Lipinski definition) is 3. The topological polar surface area (TPSA) is 60.8 Å². The molecule has 3 rings (SSSR count). The molecule has 1 aromatic carbocycles. The Kier molecular flexibility index (Phi) is 4.97. The van der Waals surface area contributed by atoms with E-state index >= 15 is 0 Å². The summed E-state index contributed by atoms with van der Waals surface area (Å²) in [7, 11) is 2.11. The van der Waals surface area contributed by atoms with Crippen molar-refractivity contribution in [3.8, 4) is 0 Å². The predicted molar refractivity (Wildman–Crippen MR) is 94.0 cm³/mol. The second-order valence-electron chi connectivity index (χ2n) is 7.77. The van der Waals surface area contributed by atoms with Crippen LogP contribution in [0.4, 0.5) is 0 Å². The maximum Gasteiger partial charge on any atom is 0.317 e. The van der Waals surface area contributed by atoms with E-state index in [9.17, 15) is 15.0 Å². The first-order valence-electron chi connectivity index (χ1n) is 9.18. The Labute approximate surface area is 144 Å². The number of carboxylic acids is 1. The number of piperidine rings is 1. The molecule has 1 aromatic rings. The van der Waals surface area contributed by atoms with Crippen molar-refractivity contribution in [3.05, 3.63) is 35.9 Å². The number of carbonyl (C=O) groups is 1. The van der Waals surface area contributed by atoms with Crippen LogP contribution in [0.1, 0.15) is 50.5 Å². The Morgan fingerprint density at radius 3 is 2.33 bits per heavy atom. The number of benzene rings is 1. The molecule has 0 bridgehead atoms. The average molecular weight is 331 g/mol. The van der Waals surface area contributed by atoms with Crippen LogP contribution in [-0.2, 0) is 10.2 Å².